The van der Waals surface area contributed by atoms with Crippen LogP contribution < -0.4 is 5.32 Å². The van der Waals surface area contributed by atoms with E-state index in [1.807, 2.05) is 13.0 Å². The third-order valence-electron chi connectivity index (χ3n) is 2.95. The molecular formula is C16H14N2O4S. The van der Waals surface area contributed by atoms with Crippen molar-refractivity contribution in [2.45, 2.75) is 11.8 Å². The van der Waals surface area contributed by atoms with E-state index in [0.29, 0.717) is 11.3 Å². The van der Waals surface area contributed by atoms with Gasteiger partial charge in [-0.1, -0.05) is 17.7 Å². The van der Waals surface area contributed by atoms with Crippen molar-refractivity contribution >= 4 is 21.7 Å². The largest absolute Gasteiger partial charge is 0.324 e. The highest BCUT2D eigenvalue weighted by Gasteiger charge is 2.17. The molecule has 7 heteroatoms. The highest BCUT2D eigenvalue weighted by Crippen LogP contribution is 2.13. The summed E-state index contributed by atoms with van der Waals surface area (Å²) in [4.78, 5) is 11.7. The van der Waals surface area contributed by atoms with E-state index in [1.54, 1.807) is 36.4 Å². The van der Waals surface area contributed by atoms with Gasteiger partial charge in [-0.15, -0.1) is 0 Å². The second-order valence-corrected chi connectivity index (χ2v) is 6.38. The summed E-state index contributed by atoms with van der Waals surface area (Å²) < 4.78 is 28.6. The molecule has 6 nitrogen and oxygen atoms in total. The van der Waals surface area contributed by atoms with E-state index in [-0.39, 0.29) is 4.90 Å². The number of nitrogens with zero attached hydrogens (tertiary/aromatic N) is 1. The smallest absolute Gasteiger partial charge is 0.297 e. The second kappa shape index (κ2) is 7.05. The molecule has 0 unspecified atom stereocenters. The number of anilines is 1. The Hall–Kier alpha value is -2.69. The fourth-order valence-corrected chi connectivity index (χ4v) is 2.60. The minimum atomic E-state index is -3.98. The lowest BCUT2D eigenvalue weighted by atomic mass is 10.2. The molecule has 0 heterocycles. The van der Waals surface area contributed by atoms with Crippen LogP contribution in [0.25, 0.3) is 0 Å². The summed E-state index contributed by atoms with van der Waals surface area (Å²) in [6, 6.07) is 14.3. The van der Waals surface area contributed by atoms with Crippen LogP contribution in [0.3, 0.4) is 0 Å². The molecule has 0 atom stereocenters. The quantitative estimate of drug-likeness (QED) is 0.848. The molecule has 0 saturated carbocycles. The zero-order chi connectivity index (χ0) is 16.9. The minimum absolute atomic E-state index is 0.00530. The number of amides is 1. The van der Waals surface area contributed by atoms with Crippen molar-refractivity contribution in [3.05, 3.63) is 59.7 Å². The number of benzene rings is 2. The fraction of sp³-hybridized carbons (Fsp3) is 0.125. The van der Waals surface area contributed by atoms with Gasteiger partial charge in [-0.25, -0.2) is 0 Å². The monoisotopic (exact) mass is 330 g/mol. The number of hydrogen-bond acceptors (Lipinski definition) is 5. The first kappa shape index (κ1) is 16.7. The van der Waals surface area contributed by atoms with Gasteiger partial charge < -0.3 is 5.32 Å². The van der Waals surface area contributed by atoms with Gasteiger partial charge in [0.25, 0.3) is 16.0 Å². The van der Waals surface area contributed by atoms with Gasteiger partial charge in [0.1, 0.15) is 6.61 Å². The first-order valence-corrected chi connectivity index (χ1v) is 8.08. The van der Waals surface area contributed by atoms with E-state index in [2.05, 4.69) is 5.32 Å². The highest BCUT2D eigenvalue weighted by molar-refractivity contribution is 7.86. The maximum Gasteiger partial charge on any atom is 0.297 e. The Morgan fingerprint density at radius 3 is 2.30 bits per heavy atom. The highest BCUT2D eigenvalue weighted by atomic mass is 32.2. The van der Waals surface area contributed by atoms with E-state index in [9.17, 15) is 13.2 Å². The maximum atomic E-state index is 11.9. The molecule has 0 spiro atoms. The predicted molar refractivity (Wildman–Crippen MR) is 84.1 cm³/mol. The Bertz CT molecular complexity index is 835. The van der Waals surface area contributed by atoms with Gasteiger partial charge in [0.05, 0.1) is 16.5 Å². The van der Waals surface area contributed by atoms with Gasteiger partial charge in [-0.2, -0.15) is 13.7 Å². The van der Waals surface area contributed by atoms with Crippen molar-refractivity contribution in [1.29, 1.82) is 5.26 Å². The van der Waals surface area contributed by atoms with Crippen LogP contribution in [0.4, 0.5) is 5.69 Å². The van der Waals surface area contributed by atoms with E-state index >= 15 is 0 Å². The van der Waals surface area contributed by atoms with E-state index in [1.165, 1.54) is 12.1 Å². The van der Waals surface area contributed by atoms with Gasteiger partial charge in [0.15, 0.2) is 0 Å². The summed E-state index contributed by atoms with van der Waals surface area (Å²) in [5.41, 5.74) is 1.83. The summed E-state index contributed by atoms with van der Waals surface area (Å²) in [6.07, 6.45) is 0. The molecule has 2 aromatic rings. The Morgan fingerprint density at radius 1 is 1.13 bits per heavy atom. The van der Waals surface area contributed by atoms with Crippen molar-refractivity contribution in [3.8, 4) is 6.07 Å². The lowest BCUT2D eigenvalue weighted by Gasteiger charge is -2.07. The molecule has 0 aliphatic carbocycles. The summed E-state index contributed by atoms with van der Waals surface area (Å²) in [6.45, 7) is 1.21. The normalized spacial score (nSPS) is 10.8. The van der Waals surface area contributed by atoms with Crippen LogP contribution in [0.1, 0.15) is 11.1 Å². The van der Waals surface area contributed by atoms with Crippen molar-refractivity contribution in [3.63, 3.8) is 0 Å². The maximum absolute atomic E-state index is 11.9. The zero-order valence-corrected chi connectivity index (χ0v) is 13.1. The molecule has 0 aromatic heterocycles. The van der Waals surface area contributed by atoms with E-state index in [4.69, 9.17) is 9.44 Å². The first-order chi connectivity index (χ1) is 10.9. The van der Waals surface area contributed by atoms with Crippen LogP contribution in [0, 0.1) is 18.3 Å². The van der Waals surface area contributed by atoms with E-state index < -0.39 is 22.6 Å². The van der Waals surface area contributed by atoms with Gasteiger partial charge in [0, 0.05) is 5.69 Å². The fourth-order valence-electron chi connectivity index (χ4n) is 1.73. The Balaban J connectivity index is 1.95. The molecule has 0 aliphatic heterocycles. The SMILES string of the molecule is Cc1ccc(S(=O)(=O)OCC(=O)Nc2ccc(C#N)cc2)cc1. The van der Waals surface area contributed by atoms with Crippen LogP contribution in [0.15, 0.2) is 53.4 Å². The van der Waals surface area contributed by atoms with E-state index in [0.717, 1.165) is 5.56 Å². The summed E-state index contributed by atoms with van der Waals surface area (Å²) >= 11 is 0. The van der Waals surface area contributed by atoms with Crippen molar-refractivity contribution in [2.24, 2.45) is 0 Å². The Kier molecular flexibility index (Phi) is 5.11. The summed E-state index contributed by atoms with van der Waals surface area (Å²) in [5, 5.41) is 11.2. The average Bonchev–Trinajstić information content (AvgIpc) is 2.54. The van der Waals surface area contributed by atoms with Crippen LogP contribution in [-0.2, 0) is 19.1 Å². The number of carbonyl (C=O) groups is 1. The third-order valence-corrected chi connectivity index (χ3v) is 4.23. The van der Waals surface area contributed by atoms with Gasteiger partial charge >= 0.3 is 0 Å². The predicted octanol–water partition coefficient (Wildman–Crippen LogP) is 2.21. The molecule has 0 bridgehead atoms. The minimum Gasteiger partial charge on any atom is -0.324 e. The van der Waals surface area contributed by atoms with Crippen LogP contribution in [0.5, 0.6) is 0 Å². The van der Waals surface area contributed by atoms with Crippen molar-refractivity contribution in [1.82, 2.24) is 0 Å². The molecule has 23 heavy (non-hydrogen) atoms. The molecule has 2 aromatic carbocycles. The second-order valence-electron chi connectivity index (χ2n) is 4.77. The summed E-state index contributed by atoms with van der Waals surface area (Å²) in [7, 11) is -3.98. The number of aryl methyl sites for hydroxylation is 1. The number of carbonyl (C=O) groups excluding carboxylic acids is 1. The Labute approximate surface area is 134 Å². The zero-order valence-electron chi connectivity index (χ0n) is 12.3. The van der Waals surface area contributed by atoms with Crippen LogP contribution in [0.2, 0.25) is 0 Å². The van der Waals surface area contributed by atoms with Gasteiger partial charge in [-0.3, -0.25) is 8.98 Å². The molecule has 0 saturated heterocycles. The number of nitriles is 1. The lowest BCUT2D eigenvalue weighted by molar-refractivity contribution is -0.118. The lowest BCUT2D eigenvalue weighted by Crippen LogP contribution is -2.21. The van der Waals surface area contributed by atoms with Crippen molar-refractivity contribution in [2.75, 3.05) is 11.9 Å². The third kappa shape index (κ3) is 4.64. The summed E-state index contributed by atoms with van der Waals surface area (Å²) in [5.74, 6) is -0.606. The molecule has 0 aliphatic rings. The molecule has 0 radical (unpaired) electrons. The molecule has 0 fully saturated rings. The molecule has 2 rings (SSSR count). The Morgan fingerprint density at radius 2 is 1.74 bits per heavy atom. The van der Waals surface area contributed by atoms with Crippen LogP contribution >= 0.6 is 0 Å². The number of nitrogens with one attached hydrogen (secondary N) is 1. The first-order valence-electron chi connectivity index (χ1n) is 6.67. The topological polar surface area (TPSA) is 96.3 Å². The molecule has 118 valence electrons. The van der Waals surface area contributed by atoms with Crippen LogP contribution in [-0.4, -0.2) is 20.9 Å². The van der Waals surface area contributed by atoms with Crippen molar-refractivity contribution < 1.29 is 17.4 Å². The average molecular weight is 330 g/mol. The molecular weight excluding hydrogens is 316 g/mol. The standard InChI is InChI=1S/C16H14N2O4S/c1-12-2-8-15(9-3-12)23(20,21)22-11-16(19)18-14-6-4-13(10-17)5-7-14/h2-9H,11H2,1H3,(H,18,19). The van der Waals surface area contributed by atoms with Gasteiger partial charge in [0.2, 0.25) is 0 Å². The molecule has 1 amide bonds. The number of hydrogen-bond donors (Lipinski definition) is 1. The molecule has 1 N–H and O–H groups in total. The van der Waals surface area contributed by atoms with Gasteiger partial charge in [-0.05, 0) is 43.3 Å². The number of rotatable bonds is 5.